The molecule has 0 bridgehead atoms. The molecule has 0 aliphatic carbocycles. The number of nitrogens with one attached hydrogen (secondary N) is 1. The predicted octanol–water partition coefficient (Wildman–Crippen LogP) is 1.16. The van der Waals surface area contributed by atoms with Gasteiger partial charge in [0.2, 0.25) is 0 Å². The third-order valence-corrected chi connectivity index (χ3v) is 2.82. The van der Waals surface area contributed by atoms with Crippen molar-refractivity contribution in [2.24, 2.45) is 0 Å². The van der Waals surface area contributed by atoms with Crippen molar-refractivity contribution in [1.82, 2.24) is 10.3 Å². The Labute approximate surface area is 108 Å². The fourth-order valence-electron chi connectivity index (χ4n) is 1.24. The van der Waals surface area contributed by atoms with Crippen LogP contribution < -0.4 is 5.32 Å². The summed E-state index contributed by atoms with van der Waals surface area (Å²) in [5.74, 6) is -1.65. The first-order chi connectivity index (χ1) is 8.54. The SMILES string of the molecule is CSCC[C@@H](NC(=O)c1ccc(F)cn1)C(=O)O. The van der Waals surface area contributed by atoms with Crippen molar-refractivity contribution in [3.8, 4) is 0 Å². The van der Waals surface area contributed by atoms with Crippen LogP contribution in [0.25, 0.3) is 0 Å². The van der Waals surface area contributed by atoms with E-state index in [9.17, 15) is 14.0 Å². The molecule has 0 aliphatic rings. The fourth-order valence-corrected chi connectivity index (χ4v) is 1.71. The predicted molar refractivity (Wildman–Crippen MR) is 66.1 cm³/mol. The first-order valence-electron chi connectivity index (χ1n) is 5.18. The number of aliphatic carboxylic acids is 1. The molecule has 0 spiro atoms. The Bertz CT molecular complexity index is 425. The zero-order valence-electron chi connectivity index (χ0n) is 9.72. The molecule has 1 aromatic rings. The van der Waals surface area contributed by atoms with Crippen molar-refractivity contribution in [2.75, 3.05) is 12.0 Å². The maximum atomic E-state index is 12.6. The van der Waals surface area contributed by atoms with Crippen LogP contribution in [0.3, 0.4) is 0 Å². The van der Waals surface area contributed by atoms with Gasteiger partial charge in [-0.1, -0.05) is 0 Å². The molecule has 1 rings (SSSR count). The number of hydrogen-bond acceptors (Lipinski definition) is 4. The van der Waals surface area contributed by atoms with Crippen LogP contribution in [0, 0.1) is 5.82 Å². The van der Waals surface area contributed by atoms with E-state index >= 15 is 0 Å². The molecule has 5 nitrogen and oxygen atoms in total. The van der Waals surface area contributed by atoms with Gasteiger partial charge < -0.3 is 10.4 Å². The van der Waals surface area contributed by atoms with Gasteiger partial charge in [-0.3, -0.25) is 4.79 Å². The van der Waals surface area contributed by atoms with Gasteiger partial charge in [-0.25, -0.2) is 14.2 Å². The minimum absolute atomic E-state index is 0.00759. The molecule has 1 heterocycles. The van der Waals surface area contributed by atoms with Gasteiger partial charge in [-0.15, -0.1) is 0 Å². The summed E-state index contributed by atoms with van der Waals surface area (Å²) in [5.41, 5.74) is -0.00759. The molecule has 1 amide bonds. The molecular weight excluding hydrogens is 259 g/mol. The van der Waals surface area contributed by atoms with Gasteiger partial charge in [0.15, 0.2) is 0 Å². The summed E-state index contributed by atoms with van der Waals surface area (Å²) in [6, 6.07) is 1.34. The largest absolute Gasteiger partial charge is 0.480 e. The normalized spacial score (nSPS) is 11.9. The van der Waals surface area contributed by atoms with Gasteiger partial charge in [-0.2, -0.15) is 11.8 Å². The molecule has 1 atom stereocenters. The number of carboxylic acids is 1. The molecule has 0 fully saturated rings. The minimum Gasteiger partial charge on any atom is -0.480 e. The van der Waals surface area contributed by atoms with Crippen LogP contribution in [0.1, 0.15) is 16.9 Å². The van der Waals surface area contributed by atoms with E-state index < -0.39 is 23.7 Å². The lowest BCUT2D eigenvalue weighted by atomic mass is 10.2. The van der Waals surface area contributed by atoms with E-state index in [2.05, 4.69) is 10.3 Å². The first kappa shape index (κ1) is 14.4. The van der Waals surface area contributed by atoms with Gasteiger partial charge in [-0.05, 0) is 30.6 Å². The lowest BCUT2D eigenvalue weighted by Crippen LogP contribution is -2.41. The Hall–Kier alpha value is -1.63. The highest BCUT2D eigenvalue weighted by Crippen LogP contribution is 2.03. The van der Waals surface area contributed by atoms with Crippen molar-refractivity contribution in [1.29, 1.82) is 0 Å². The standard InChI is InChI=1S/C11H13FN2O3S/c1-18-5-4-9(11(16)17)14-10(15)8-3-2-7(12)6-13-8/h2-3,6,9H,4-5H2,1H3,(H,14,15)(H,16,17)/t9-/m1/s1. The van der Waals surface area contributed by atoms with Crippen LogP contribution in [-0.2, 0) is 4.79 Å². The highest BCUT2D eigenvalue weighted by molar-refractivity contribution is 7.98. The summed E-state index contributed by atoms with van der Waals surface area (Å²) in [4.78, 5) is 26.2. The number of hydrogen-bond donors (Lipinski definition) is 2. The Morgan fingerprint density at radius 2 is 2.28 bits per heavy atom. The fraction of sp³-hybridized carbons (Fsp3) is 0.364. The van der Waals surface area contributed by atoms with Crippen LogP contribution in [0.5, 0.6) is 0 Å². The minimum atomic E-state index is -1.10. The van der Waals surface area contributed by atoms with E-state index in [4.69, 9.17) is 5.11 Å². The summed E-state index contributed by atoms with van der Waals surface area (Å²) in [5, 5.41) is 11.3. The quantitative estimate of drug-likeness (QED) is 0.812. The van der Waals surface area contributed by atoms with Crippen molar-refractivity contribution in [2.45, 2.75) is 12.5 Å². The summed E-state index contributed by atoms with van der Waals surface area (Å²) in [6.07, 6.45) is 3.08. The van der Waals surface area contributed by atoms with Gasteiger partial charge in [0, 0.05) is 0 Å². The van der Waals surface area contributed by atoms with Crippen molar-refractivity contribution < 1.29 is 19.1 Å². The Morgan fingerprint density at radius 1 is 1.56 bits per heavy atom. The summed E-state index contributed by atoms with van der Waals surface area (Å²) in [7, 11) is 0. The summed E-state index contributed by atoms with van der Waals surface area (Å²) in [6.45, 7) is 0. The molecule has 0 unspecified atom stereocenters. The number of carboxylic acid groups (broad SMARTS) is 1. The summed E-state index contributed by atoms with van der Waals surface area (Å²) >= 11 is 1.49. The lowest BCUT2D eigenvalue weighted by Gasteiger charge is -2.13. The first-order valence-corrected chi connectivity index (χ1v) is 6.58. The monoisotopic (exact) mass is 272 g/mol. The van der Waals surface area contributed by atoms with E-state index in [1.807, 2.05) is 6.26 Å². The zero-order valence-corrected chi connectivity index (χ0v) is 10.5. The average molecular weight is 272 g/mol. The van der Waals surface area contributed by atoms with Crippen LogP contribution in [0.4, 0.5) is 4.39 Å². The van der Waals surface area contributed by atoms with Gasteiger partial charge in [0.05, 0.1) is 6.20 Å². The molecule has 0 aliphatic heterocycles. The number of pyridine rings is 1. The maximum absolute atomic E-state index is 12.6. The van der Waals surface area contributed by atoms with Gasteiger partial charge in [0.1, 0.15) is 17.6 Å². The topological polar surface area (TPSA) is 79.3 Å². The zero-order chi connectivity index (χ0) is 13.5. The number of halogens is 1. The number of rotatable bonds is 6. The molecule has 0 aromatic carbocycles. The molecule has 0 saturated carbocycles. The van der Waals surface area contributed by atoms with E-state index in [-0.39, 0.29) is 5.69 Å². The number of nitrogens with zero attached hydrogens (tertiary/aromatic N) is 1. The second kappa shape index (κ2) is 6.95. The Balaban J connectivity index is 2.66. The second-order valence-corrected chi connectivity index (χ2v) is 4.49. The summed E-state index contributed by atoms with van der Waals surface area (Å²) < 4.78 is 12.6. The Kier molecular flexibility index (Phi) is 5.57. The highest BCUT2D eigenvalue weighted by Gasteiger charge is 2.20. The molecular formula is C11H13FN2O3S. The third-order valence-electron chi connectivity index (χ3n) is 2.17. The number of amides is 1. The van der Waals surface area contributed by atoms with Crippen LogP contribution in [0.15, 0.2) is 18.3 Å². The number of thioether (sulfide) groups is 1. The smallest absolute Gasteiger partial charge is 0.326 e. The van der Waals surface area contributed by atoms with Crippen LogP contribution in [-0.4, -0.2) is 40.0 Å². The third kappa shape index (κ3) is 4.33. The molecule has 2 N–H and O–H groups in total. The van der Waals surface area contributed by atoms with E-state index in [0.717, 1.165) is 12.3 Å². The number of carbonyl (C=O) groups excluding carboxylic acids is 1. The lowest BCUT2D eigenvalue weighted by molar-refractivity contribution is -0.139. The van der Waals surface area contributed by atoms with Crippen LogP contribution in [0.2, 0.25) is 0 Å². The molecule has 0 radical (unpaired) electrons. The second-order valence-electron chi connectivity index (χ2n) is 3.51. The average Bonchev–Trinajstić information content (AvgIpc) is 2.34. The maximum Gasteiger partial charge on any atom is 0.326 e. The molecule has 18 heavy (non-hydrogen) atoms. The number of carbonyl (C=O) groups is 2. The van der Waals surface area contributed by atoms with E-state index in [1.165, 1.54) is 17.8 Å². The Morgan fingerprint density at radius 3 is 2.78 bits per heavy atom. The van der Waals surface area contributed by atoms with Crippen molar-refractivity contribution in [3.05, 3.63) is 29.8 Å². The van der Waals surface area contributed by atoms with E-state index in [1.54, 1.807) is 0 Å². The molecule has 0 saturated heterocycles. The van der Waals surface area contributed by atoms with Gasteiger partial charge >= 0.3 is 5.97 Å². The molecule has 1 aromatic heterocycles. The van der Waals surface area contributed by atoms with Gasteiger partial charge in [0.25, 0.3) is 5.91 Å². The highest BCUT2D eigenvalue weighted by atomic mass is 32.2. The van der Waals surface area contributed by atoms with Crippen LogP contribution >= 0.6 is 11.8 Å². The molecule has 98 valence electrons. The number of aromatic nitrogens is 1. The van der Waals surface area contributed by atoms with E-state index in [0.29, 0.717) is 12.2 Å². The van der Waals surface area contributed by atoms with Crippen molar-refractivity contribution >= 4 is 23.6 Å². The molecule has 7 heteroatoms. The van der Waals surface area contributed by atoms with Crippen molar-refractivity contribution in [3.63, 3.8) is 0 Å².